The van der Waals surface area contributed by atoms with Gasteiger partial charge in [0, 0.05) is 11.6 Å². The molecule has 3 nitrogen and oxygen atoms in total. The Morgan fingerprint density at radius 3 is 2.57 bits per heavy atom. The van der Waals surface area contributed by atoms with Crippen LogP contribution in [0.5, 0.6) is 0 Å². The maximum Gasteiger partial charge on any atom is 0.254 e. The minimum absolute atomic E-state index is 0.0189. The van der Waals surface area contributed by atoms with E-state index < -0.39 is 5.82 Å². The van der Waals surface area contributed by atoms with E-state index in [4.69, 9.17) is 4.42 Å². The summed E-state index contributed by atoms with van der Waals surface area (Å²) in [6, 6.07) is 8.08. The number of carbonyl (C=O) groups excluding carboxylic acids is 1. The summed E-state index contributed by atoms with van der Waals surface area (Å²) in [6.45, 7) is 6.06. The van der Waals surface area contributed by atoms with E-state index >= 15 is 0 Å². The summed E-state index contributed by atoms with van der Waals surface area (Å²) in [5, 5.41) is 0. The Balaban J connectivity index is 2.24. The molecule has 2 rings (SSSR count). The summed E-state index contributed by atoms with van der Waals surface area (Å²) in [7, 11) is 0. The minimum atomic E-state index is -0.446. The highest BCUT2D eigenvalue weighted by molar-refractivity contribution is 9.10. The van der Waals surface area contributed by atoms with Crippen molar-refractivity contribution in [2.24, 2.45) is 0 Å². The van der Waals surface area contributed by atoms with Crippen molar-refractivity contribution in [2.45, 2.75) is 33.4 Å². The van der Waals surface area contributed by atoms with Gasteiger partial charge in [-0.15, -0.1) is 0 Å². The fourth-order valence-corrected chi connectivity index (χ4v) is 2.27. The molecule has 0 atom stereocenters. The van der Waals surface area contributed by atoms with Crippen molar-refractivity contribution in [3.05, 3.63) is 57.7 Å². The van der Waals surface area contributed by atoms with Crippen molar-refractivity contribution in [3.8, 4) is 0 Å². The Labute approximate surface area is 131 Å². The molecule has 0 unspecified atom stereocenters. The zero-order chi connectivity index (χ0) is 15.6. The topological polar surface area (TPSA) is 33.5 Å². The minimum Gasteiger partial charge on any atom is -0.464 e. The van der Waals surface area contributed by atoms with Gasteiger partial charge in [0.25, 0.3) is 5.91 Å². The molecule has 0 aliphatic heterocycles. The SMILES string of the molecule is Cc1ccc(CN(C(=O)c2ccc(Br)c(F)c2)C(C)C)o1. The number of carbonyl (C=O) groups is 1. The Morgan fingerprint density at radius 2 is 2.05 bits per heavy atom. The molecule has 0 aliphatic carbocycles. The van der Waals surface area contributed by atoms with Gasteiger partial charge in [0.2, 0.25) is 0 Å². The lowest BCUT2D eigenvalue weighted by molar-refractivity contribution is 0.0675. The number of hydrogen-bond donors (Lipinski definition) is 0. The van der Waals surface area contributed by atoms with Crippen LogP contribution in [0.15, 0.2) is 39.2 Å². The molecular weight excluding hydrogens is 337 g/mol. The predicted molar refractivity (Wildman–Crippen MR) is 82.6 cm³/mol. The van der Waals surface area contributed by atoms with Gasteiger partial charge in [-0.05, 0) is 67.0 Å². The third-order valence-corrected chi connectivity index (χ3v) is 3.82. The van der Waals surface area contributed by atoms with E-state index in [9.17, 15) is 9.18 Å². The lowest BCUT2D eigenvalue weighted by Gasteiger charge is -2.26. The number of rotatable bonds is 4. The van der Waals surface area contributed by atoms with Gasteiger partial charge in [0.1, 0.15) is 17.3 Å². The van der Waals surface area contributed by atoms with Crippen LogP contribution < -0.4 is 0 Å². The molecule has 5 heteroatoms. The highest BCUT2D eigenvalue weighted by Crippen LogP contribution is 2.20. The fourth-order valence-electron chi connectivity index (χ4n) is 2.02. The van der Waals surface area contributed by atoms with Gasteiger partial charge in [-0.25, -0.2) is 4.39 Å². The highest BCUT2D eigenvalue weighted by Gasteiger charge is 2.21. The van der Waals surface area contributed by atoms with Gasteiger partial charge in [0.05, 0.1) is 11.0 Å². The molecule has 2 aromatic rings. The number of aryl methyl sites for hydroxylation is 1. The van der Waals surface area contributed by atoms with E-state index in [1.54, 1.807) is 11.0 Å². The van der Waals surface area contributed by atoms with Crippen LogP contribution in [-0.4, -0.2) is 16.8 Å². The van der Waals surface area contributed by atoms with Crippen LogP contribution in [0.25, 0.3) is 0 Å². The monoisotopic (exact) mass is 353 g/mol. The lowest BCUT2D eigenvalue weighted by atomic mass is 10.1. The quantitative estimate of drug-likeness (QED) is 0.808. The summed E-state index contributed by atoms with van der Waals surface area (Å²) in [5.74, 6) is 0.854. The van der Waals surface area contributed by atoms with E-state index in [0.29, 0.717) is 22.3 Å². The van der Waals surface area contributed by atoms with Gasteiger partial charge in [0.15, 0.2) is 0 Å². The van der Waals surface area contributed by atoms with E-state index in [2.05, 4.69) is 15.9 Å². The largest absolute Gasteiger partial charge is 0.464 e. The van der Waals surface area contributed by atoms with Crippen LogP contribution >= 0.6 is 15.9 Å². The van der Waals surface area contributed by atoms with Crippen LogP contribution in [0, 0.1) is 12.7 Å². The average molecular weight is 354 g/mol. The predicted octanol–water partition coefficient (Wildman–Crippen LogP) is 4.54. The molecule has 112 valence electrons. The zero-order valence-corrected chi connectivity index (χ0v) is 13.8. The van der Waals surface area contributed by atoms with Crippen molar-refractivity contribution >= 4 is 21.8 Å². The average Bonchev–Trinajstić information content (AvgIpc) is 2.83. The Bertz CT molecular complexity index is 651. The molecule has 1 aromatic heterocycles. The number of amides is 1. The fraction of sp³-hybridized carbons (Fsp3) is 0.312. The van der Waals surface area contributed by atoms with E-state index in [0.717, 1.165) is 5.76 Å². The van der Waals surface area contributed by atoms with Crippen molar-refractivity contribution in [3.63, 3.8) is 0 Å². The lowest BCUT2D eigenvalue weighted by Crippen LogP contribution is -2.36. The Morgan fingerprint density at radius 1 is 1.33 bits per heavy atom. The molecule has 1 amide bonds. The van der Waals surface area contributed by atoms with Gasteiger partial charge in [-0.2, -0.15) is 0 Å². The number of nitrogens with zero attached hydrogens (tertiary/aromatic N) is 1. The number of hydrogen-bond acceptors (Lipinski definition) is 2. The molecule has 0 spiro atoms. The van der Waals surface area contributed by atoms with Crippen molar-refractivity contribution in [1.29, 1.82) is 0 Å². The van der Waals surface area contributed by atoms with Crippen LogP contribution in [0.4, 0.5) is 4.39 Å². The summed E-state index contributed by atoms with van der Waals surface area (Å²) in [4.78, 5) is 14.2. The van der Waals surface area contributed by atoms with Gasteiger partial charge in [-0.3, -0.25) is 4.79 Å². The van der Waals surface area contributed by atoms with Gasteiger partial charge < -0.3 is 9.32 Å². The third-order valence-electron chi connectivity index (χ3n) is 3.17. The van der Waals surface area contributed by atoms with Crippen molar-refractivity contribution in [2.75, 3.05) is 0 Å². The zero-order valence-electron chi connectivity index (χ0n) is 12.2. The molecule has 0 bridgehead atoms. The standard InChI is InChI=1S/C16H17BrFNO2/c1-10(2)19(9-13-6-4-11(3)21-13)16(20)12-5-7-14(17)15(18)8-12/h4-8,10H,9H2,1-3H3. The third kappa shape index (κ3) is 3.73. The Kier molecular flexibility index (Phi) is 4.83. The van der Waals surface area contributed by atoms with Crippen LogP contribution in [0.1, 0.15) is 35.7 Å². The van der Waals surface area contributed by atoms with Crippen LogP contribution in [-0.2, 0) is 6.54 Å². The van der Waals surface area contributed by atoms with Gasteiger partial charge in [-0.1, -0.05) is 0 Å². The molecule has 0 N–H and O–H groups in total. The van der Waals surface area contributed by atoms with E-state index in [1.165, 1.54) is 12.1 Å². The smallest absolute Gasteiger partial charge is 0.254 e. The molecular formula is C16H17BrFNO2. The first kappa shape index (κ1) is 15.8. The number of halogens is 2. The second kappa shape index (κ2) is 6.43. The molecule has 21 heavy (non-hydrogen) atoms. The van der Waals surface area contributed by atoms with Crippen LogP contribution in [0.3, 0.4) is 0 Å². The molecule has 0 radical (unpaired) electrons. The summed E-state index contributed by atoms with van der Waals surface area (Å²) in [6.07, 6.45) is 0. The molecule has 1 aromatic carbocycles. The maximum absolute atomic E-state index is 13.6. The molecule has 0 saturated carbocycles. The first-order valence-corrected chi connectivity index (χ1v) is 7.49. The van der Waals surface area contributed by atoms with E-state index in [-0.39, 0.29) is 11.9 Å². The normalized spacial score (nSPS) is 11.0. The second-order valence-electron chi connectivity index (χ2n) is 5.17. The maximum atomic E-state index is 13.6. The summed E-state index contributed by atoms with van der Waals surface area (Å²) < 4.78 is 19.5. The summed E-state index contributed by atoms with van der Waals surface area (Å²) in [5.41, 5.74) is 0.327. The molecule has 1 heterocycles. The van der Waals surface area contributed by atoms with Crippen molar-refractivity contribution in [1.82, 2.24) is 4.90 Å². The van der Waals surface area contributed by atoms with Crippen molar-refractivity contribution < 1.29 is 13.6 Å². The van der Waals surface area contributed by atoms with Gasteiger partial charge >= 0.3 is 0 Å². The van der Waals surface area contributed by atoms with E-state index in [1.807, 2.05) is 32.9 Å². The highest BCUT2D eigenvalue weighted by atomic mass is 79.9. The van der Waals surface area contributed by atoms with Crippen LogP contribution in [0.2, 0.25) is 0 Å². The molecule has 0 saturated heterocycles. The summed E-state index contributed by atoms with van der Waals surface area (Å²) >= 11 is 3.09. The first-order valence-electron chi connectivity index (χ1n) is 6.70. The number of furan rings is 1. The Hall–Kier alpha value is -1.62. The second-order valence-corrected chi connectivity index (χ2v) is 6.02. The first-order chi connectivity index (χ1) is 9.88. The molecule has 0 aliphatic rings. The molecule has 0 fully saturated rings. The number of benzene rings is 1.